The maximum Gasteiger partial charge on any atom is 0.291 e. The fraction of sp³-hybridized carbons (Fsp3) is 0.368. The number of carbonyl (C=O) groups excluding carboxylic acids is 1. The highest BCUT2D eigenvalue weighted by Crippen LogP contribution is 2.21. The Morgan fingerprint density at radius 1 is 1.11 bits per heavy atom. The van der Waals surface area contributed by atoms with Crippen molar-refractivity contribution >= 4 is 17.9 Å². The number of hydrazone groups is 1. The monoisotopic (exact) mass is 369 g/mol. The van der Waals surface area contributed by atoms with Crippen LogP contribution in [0, 0.1) is 0 Å². The minimum Gasteiger partial charge on any atom is -0.497 e. The Hall–Kier alpha value is -3.16. The van der Waals surface area contributed by atoms with Crippen molar-refractivity contribution in [2.45, 2.75) is 19.3 Å². The molecular formula is C19H23N5O3. The van der Waals surface area contributed by atoms with Crippen LogP contribution in [0.4, 0.5) is 5.82 Å². The third-order valence-electron chi connectivity index (χ3n) is 4.29. The second kappa shape index (κ2) is 8.98. The molecule has 8 heteroatoms. The van der Waals surface area contributed by atoms with Crippen LogP contribution in [-0.4, -0.2) is 49.4 Å². The molecule has 0 saturated carbocycles. The summed E-state index contributed by atoms with van der Waals surface area (Å²) < 4.78 is 10.4. The number of anilines is 1. The van der Waals surface area contributed by atoms with E-state index in [1.165, 1.54) is 18.8 Å². The Kier molecular flexibility index (Phi) is 6.19. The van der Waals surface area contributed by atoms with Gasteiger partial charge in [-0.3, -0.25) is 9.78 Å². The maximum absolute atomic E-state index is 12.3. The molecule has 1 aliphatic heterocycles. The number of carbonyl (C=O) groups is 1. The molecule has 0 bridgehead atoms. The van der Waals surface area contributed by atoms with E-state index in [4.69, 9.17) is 9.47 Å². The summed E-state index contributed by atoms with van der Waals surface area (Å²) in [5.41, 5.74) is 3.45. The van der Waals surface area contributed by atoms with Gasteiger partial charge in [0, 0.05) is 24.7 Å². The summed E-state index contributed by atoms with van der Waals surface area (Å²) in [6.07, 6.45) is 8.14. The number of rotatable bonds is 6. The second-order valence-corrected chi connectivity index (χ2v) is 6.16. The minimum absolute atomic E-state index is 0.235. The van der Waals surface area contributed by atoms with Crippen LogP contribution in [0.15, 0.2) is 35.7 Å². The molecular weight excluding hydrogens is 346 g/mol. The Morgan fingerprint density at radius 2 is 1.81 bits per heavy atom. The molecule has 3 rings (SSSR count). The van der Waals surface area contributed by atoms with E-state index in [9.17, 15) is 4.79 Å². The highest BCUT2D eigenvalue weighted by molar-refractivity contribution is 5.93. The maximum atomic E-state index is 12.3. The largest absolute Gasteiger partial charge is 0.497 e. The molecule has 1 amide bonds. The van der Waals surface area contributed by atoms with Gasteiger partial charge in [-0.1, -0.05) is 0 Å². The van der Waals surface area contributed by atoms with E-state index in [1.807, 2.05) is 0 Å². The van der Waals surface area contributed by atoms with Crippen LogP contribution >= 0.6 is 0 Å². The van der Waals surface area contributed by atoms with Crippen LogP contribution in [0.2, 0.25) is 0 Å². The molecule has 27 heavy (non-hydrogen) atoms. The van der Waals surface area contributed by atoms with Crippen molar-refractivity contribution in [1.29, 1.82) is 0 Å². The number of amides is 1. The second-order valence-electron chi connectivity index (χ2n) is 6.16. The lowest BCUT2D eigenvalue weighted by Crippen LogP contribution is -2.31. The quantitative estimate of drug-likeness (QED) is 0.621. The van der Waals surface area contributed by atoms with E-state index in [0.29, 0.717) is 11.5 Å². The molecule has 8 nitrogen and oxygen atoms in total. The van der Waals surface area contributed by atoms with Crippen molar-refractivity contribution in [3.8, 4) is 11.5 Å². The first-order valence-corrected chi connectivity index (χ1v) is 8.83. The first-order valence-electron chi connectivity index (χ1n) is 8.83. The third-order valence-corrected chi connectivity index (χ3v) is 4.29. The Bertz CT molecular complexity index is 796. The average molecular weight is 369 g/mol. The molecule has 1 N–H and O–H groups in total. The Labute approximate surface area is 158 Å². The van der Waals surface area contributed by atoms with Gasteiger partial charge in [0.15, 0.2) is 5.69 Å². The molecule has 1 saturated heterocycles. The summed E-state index contributed by atoms with van der Waals surface area (Å²) in [6.45, 7) is 1.88. The van der Waals surface area contributed by atoms with Crippen LogP contribution < -0.4 is 19.8 Å². The van der Waals surface area contributed by atoms with Crippen molar-refractivity contribution in [2.75, 3.05) is 32.2 Å². The predicted octanol–water partition coefficient (Wildman–Crippen LogP) is 2.25. The normalized spacial score (nSPS) is 14.2. The van der Waals surface area contributed by atoms with Crippen LogP contribution in [0.3, 0.4) is 0 Å². The van der Waals surface area contributed by atoms with E-state index >= 15 is 0 Å². The van der Waals surface area contributed by atoms with Crippen molar-refractivity contribution in [3.63, 3.8) is 0 Å². The molecule has 0 unspecified atom stereocenters. The molecule has 0 spiro atoms. The number of benzene rings is 1. The molecule has 2 aromatic rings. The van der Waals surface area contributed by atoms with Gasteiger partial charge in [0.25, 0.3) is 5.91 Å². The molecule has 1 aliphatic rings. The number of hydrogen-bond donors (Lipinski definition) is 1. The zero-order valence-corrected chi connectivity index (χ0v) is 15.5. The molecule has 142 valence electrons. The van der Waals surface area contributed by atoms with Crippen LogP contribution in [0.25, 0.3) is 0 Å². The lowest BCUT2D eigenvalue weighted by atomic mass is 10.1. The molecule has 0 radical (unpaired) electrons. The third kappa shape index (κ3) is 4.93. The van der Waals surface area contributed by atoms with Crippen LogP contribution in [0.1, 0.15) is 35.3 Å². The van der Waals surface area contributed by atoms with E-state index in [1.54, 1.807) is 38.6 Å². The molecule has 0 atom stereocenters. The minimum atomic E-state index is -0.410. The van der Waals surface area contributed by atoms with Gasteiger partial charge < -0.3 is 14.4 Å². The van der Waals surface area contributed by atoms with Crippen molar-refractivity contribution in [3.05, 3.63) is 41.9 Å². The summed E-state index contributed by atoms with van der Waals surface area (Å²) in [6, 6.07) is 5.33. The summed E-state index contributed by atoms with van der Waals surface area (Å²) >= 11 is 0. The van der Waals surface area contributed by atoms with Crippen LogP contribution in [-0.2, 0) is 0 Å². The van der Waals surface area contributed by atoms with Gasteiger partial charge in [-0.2, -0.15) is 5.10 Å². The number of nitrogens with one attached hydrogen (secondary N) is 1. The Balaban J connectivity index is 1.66. The lowest BCUT2D eigenvalue weighted by molar-refractivity contribution is 0.0950. The molecule has 0 aliphatic carbocycles. The summed E-state index contributed by atoms with van der Waals surface area (Å²) in [7, 11) is 3.15. The molecule has 1 aromatic heterocycles. The van der Waals surface area contributed by atoms with Gasteiger partial charge in [-0.05, 0) is 31.4 Å². The Morgan fingerprint density at radius 3 is 2.48 bits per heavy atom. The van der Waals surface area contributed by atoms with Gasteiger partial charge in [-0.25, -0.2) is 10.4 Å². The average Bonchev–Trinajstić information content (AvgIpc) is 2.74. The number of ether oxygens (including phenoxy) is 2. The number of nitrogens with zero attached hydrogens (tertiary/aromatic N) is 4. The van der Waals surface area contributed by atoms with Gasteiger partial charge in [0.1, 0.15) is 17.3 Å². The van der Waals surface area contributed by atoms with Crippen LogP contribution in [0.5, 0.6) is 11.5 Å². The lowest BCUT2D eigenvalue weighted by Gasteiger charge is -2.27. The zero-order chi connectivity index (χ0) is 19.1. The zero-order valence-electron chi connectivity index (χ0n) is 15.5. The van der Waals surface area contributed by atoms with E-state index in [2.05, 4.69) is 25.4 Å². The predicted molar refractivity (Wildman–Crippen MR) is 103 cm³/mol. The molecule has 1 aromatic carbocycles. The van der Waals surface area contributed by atoms with Gasteiger partial charge in [0.2, 0.25) is 0 Å². The van der Waals surface area contributed by atoms with E-state index in [-0.39, 0.29) is 5.69 Å². The summed E-state index contributed by atoms with van der Waals surface area (Å²) in [4.78, 5) is 23.0. The first-order chi connectivity index (χ1) is 13.2. The molecule has 1 fully saturated rings. The fourth-order valence-corrected chi connectivity index (χ4v) is 2.87. The standard InChI is InChI=1S/C19H23N5O3/c1-26-15-8-14(9-16(10-15)27-2)11-21-23-19(25)17-12-20-13-18(22-17)24-6-4-3-5-7-24/h8-13H,3-7H2,1-2H3,(H,23,25). The first kappa shape index (κ1) is 18.6. The van der Waals surface area contributed by atoms with Gasteiger partial charge in [-0.15, -0.1) is 0 Å². The SMILES string of the molecule is COc1cc(C=NNC(=O)c2cncc(N3CCCCC3)n2)cc(OC)c1. The van der Waals surface area contributed by atoms with Crippen molar-refractivity contribution in [2.24, 2.45) is 5.10 Å². The smallest absolute Gasteiger partial charge is 0.291 e. The summed E-state index contributed by atoms with van der Waals surface area (Å²) in [5, 5.41) is 3.99. The number of aromatic nitrogens is 2. The van der Waals surface area contributed by atoms with E-state index < -0.39 is 5.91 Å². The number of hydrogen-bond acceptors (Lipinski definition) is 7. The summed E-state index contributed by atoms with van der Waals surface area (Å²) in [5.74, 6) is 1.60. The topological polar surface area (TPSA) is 88.9 Å². The fourth-order valence-electron chi connectivity index (χ4n) is 2.87. The number of piperidine rings is 1. The highest BCUT2D eigenvalue weighted by atomic mass is 16.5. The molecule has 2 heterocycles. The van der Waals surface area contributed by atoms with Gasteiger partial charge in [0.05, 0.1) is 32.8 Å². The van der Waals surface area contributed by atoms with Gasteiger partial charge >= 0.3 is 0 Å². The number of methoxy groups -OCH3 is 2. The van der Waals surface area contributed by atoms with Crippen molar-refractivity contribution in [1.82, 2.24) is 15.4 Å². The van der Waals surface area contributed by atoms with Crippen molar-refractivity contribution < 1.29 is 14.3 Å². The highest BCUT2D eigenvalue weighted by Gasteiger charge is 2.15. The van der Waals surface area contributed by atoms with E-state index in [0.717, 1.165) is 37.3 Å².